The van der Waals surface area contributed by atoms with Gasteiger partial charge in [-0.15, -0.1) is 16.8 Å². The number of nitrogens with zero attached hydrogens (tertiary/aromatic N) is 2. The fourth-order valence-electron chi connectivity index (χ4n) is 1.79. The van der Waals surface area contributed by atoms with E-state index in [0.29, 0.717) is 22.6 Å². The van der Waals surface area contributed by atoms with Crippen LogP contribution in [0.3, 0.4) is 0 Å². The van der Waals surface area contributed by atoms with Gasteiger partial charge in [0.25, 0.3) is 0 Å². The van der Waals surface area contributed by atoms with Gasteiger partial charge in [0.05, 0.1) is 5.52 Å². The Morgan fingerprint density at radius 1 is 1.60 bits per heavy atom. The molecule has 1 heterocycles. The summed E-state index contributed by atoms with van der Waals surface area (Å²) in [7, 11) is 0. The van der Waals surface area contributed by atoms with Crippen molar-refractivity contribution < 1.29 is 5.11 Å². The predicted octanol–water partition coefficient (Wildman–Crippen LogP) is 3.98. The number of aromatic amines is 1. The SMILES string of the molecule is C=CCNC(=S)N=Nc1c(O)[nH]c2c(C)cc(Cl)cc12. The molecule has 2 aromatic rings. The number of halogens is 1. The topological polar surface area (TPSA) is 72.8 Å². The summed E-state index contributed by atoms with van der Waals surface area (Å²) in [5.74, 6) is -0.0689. The van der Waals surface area contributed by atoms with E-state index in [9.17, 15) is 5.11 Å². The molecule has 2 rings (SSSR count). The Hall–Kier alpha value is -1.92. The first-order chi connectivity index (χ1) is 9.52. The van der Waals surface area contributed by atoms with Crippen LogP contribution in [0, 0.1) is 6.92 Å². The lowest BCUT2D eigenvalue weighted by Gasteiger charge is -1.98. The van der Waals surface area contributed by atoms with E-state index in [1.165, 1.54) is 0 Å². The van der Waals surface area contributed by atoms with Gasteiger partial charge in [-0.25, -0.2) is 0 Å². The normalized spacial score (nSPS) is 11.1. The molecule has 0 saturated carbocycles. The Labute approximate surface area is 126 Å². The summed E-state index contributed by atoms with van der Waals surface area (Å²) in [5, 5.41) is 22.0. The van der Waals surface area contributed by atoms with Crippen LogP contribution < -0.4 is 5.32 Å². The number of azo groups is 1. The van der Waals surface area contributed by atoms with Crippen molar-refractivity contribution in [3.63, 3.8) is 0 Å². The fourth-order valence-corrected chi connectivity index (χ4v) is 2.19. The molecule has 0 spiro atoms. The maximum Gasteiger partial charge on any atom is 0.218 e. The highest BCUT2D eigenvalue weighted by Gasteiger charge is 2.13. The number of aromatic hydroxyl groups is 1. The van der Waals surface area contributed by atoms with Crippen LogP contribution in [0.2, 0.25) is 5.02 Å². The number of thiocarbonyl (C=S) groups is 1. The molecule has 0 aliphatic rings. The van der Waals surface area contributed by atoms with Gasteiger partial charge in [-0.3, -0.25) is 0 Å². The lowest BCUT2D eigenvalue weighted by molar-refractivity contribution is 0.459. The molecule has 104 valence electrons. The van der Waals surface area contributed by atoms with Crippen molar-refractivity contribution in [1.82, 2.24) is 10.3 Å². The number of aromatic nitrogens is 1. The van der Waals surface area contributed by atoms with Crippen LogP contribution in [0.25, 0.3) is 10.9 Å². The molecule has 0 aliphatic carbocycles. The summed E-state index contributed by atoms with van der Waals surface area (Å²) in [4.78, 5) is 2.85. The lowest BCUT2D eigenvalue weighted by atomic mass is 10.1. The molecule has 1 aromatic heterocycles. The molecule has 1 aromatic carbocycles. The van der Waals surface area contributed by atoms with E-state index in [2.05, 4.69) is 27.1 Å². The first-order valence-corrected chi connectivity index (χ1v) is 6.62. The second-order valence-electron chi connectivity index (χ2n) is 4.14. The Morgan fingerprint density at radius 2 is 2.35 bits per heavy atom. The molecule has 0 unspecified atom stereocenters. The number of fused-ring (bicyclic) bond motifs is 1. The average molecular weight is 309 g/mol. The zero-order valence-corrected chi connectivity index (χ0v) is 12.3. The summed E-state index contributed by atoms with van der Waals surface area (Å²) in [6.07, 6.45) is 1.66. The molecule has 3 N–H and O–H groups in total. The molecule has 0 saturated heterocycles. The quantitative estimate of drug-likeness (QED) is 0.456. The molecule has 0 radical (unpaired) electrons. The highest BCUT2D eigenvalue weighted by molar-refractivity contribution is 7.80. The molecule has 7 heteroatoms. The van der Waals surface area contributed by atoms with Gasteiger partial charge in [-0.1, -0.05) is 17.7 Å². The minimum absolute atomic E-state index is 0.0689. The average Bonchev–Trinajstić information content (AvgIpc) is 2.70. The number of hydrogen-bond donors (Lipinski definition) is 3. The Morgan fingerprint density at radius 3 is 3.05 bits per heavy atom. The molecule has 0 bridgehead atoms. The lowest BCUT2D eigenvalue weighted by Crippen LogP contribution is -2.18. The molecule has 0 aliphatic heterocycles. The maximum absolute atomic E-state index is 9.91. The van der Waals surface area contributed by atoms with Gasteiger partial charge in [-0.2, -0.15) is 0 Å². The molecule has 0 fully saturated rings. The van der Waals surface area contributed by atoms with E-state index in [1.807, 2.05) is 6.92 Å². The summed E-state index contributed by atoms with van der Waals surface area (Å²) in [6, 6.07) is 3.52. The van der Waals surface area contributed by atoms with Gasteiger partial charge < -0.3 is 15.4 Å². The first kappa shape index (κ1) is 14.5. The Balaban J connectivity index is 2.39. The third kappa shape index (κ3) is 2.97. The van der Waals surface area contributed by atoms with E-state index in [1.54, 1.807) is 18.2 Å². The first-order valence-electron chi connectivity index (χ1n) is 5.84. The van der Waals surface area contributed by atoms with E-state index >= 15 is 0 Å². The van der Waals surface area contributed by atoms with E-state index in [4.69, 9.17) is 23.8 Å². The number of aryl methyl sites for hydroxylation is 1. The molecular weight excluding hydrogens is 296 g/mol. The van der Waals surface area contributed by atoms with Gasteiger partial charge in [-0.05, 0) is 36.8 Å². The summed E-state index contributed by atoms with van der Waals surface area (Å²) >= 11 is 11.0. The van der Waals surface area contributed by atoms with Crippen LogP contribution in [-0.4, -0.2) is 21.7 Å². The summed E-state index contributed by atoms with van der Waals surface area (Å²) in [5.41, 5.74) is 2.00. The number of hydrogen-bond acceptors (Lipinski definition) is 3. The standard InChI is InChI=1S/C13H13ClN4OS/c1-3-4-15-13(20)18-17-11-9-6-8(14)5-7(2)10(9)16-12(11)19/h3,5-6,16,19H,1,4H2,2H3,(H,15,20). The molecule has 5 nitrogen and oxygen atoms in total. The van der Waals surface area contributed by atoms with Gasteiger partial charge in [0, 0.05) is 17.0 Å². The highest BCUT2D eigenvalue weighted by atomic mass is 35.5. The third-order valence-electron chi connectivity index (χ3n) is 2.66. The second-order valence-corrected chi connectivity index (χ2v) is 4.97. The van der Waals surface area contributed by atoms with Gasteiger partial charge in [0.15, 0.2) is 5.69 Å². The number of benzene rings is 1. The number of rotatable bonds is 3. The smallest absolute Gasteiger partial charge is 0.218 e. The zero-order chi connectivity index (χ0) is 14.7. The molecule has 0 atom stereocenters. The van der Waals surface area contributed by atoms with E-state index < -0.39 is 0 Å². The van der Waals surface area contributed by atoms with Crippen LogP contribution in [0.5, 0.6) is 5.88 Å². The minimum Gasteiger partial charge on any atom is -0.493 e. The van der Waals surface area contributed by atoms with Crippen LogP contribution >= 0.6 is 23.8 Å². The van der Waals surface area contributed by atoms with E-state index in [-0.39, 0.29) is 11.0 Å². The molecule has 20 heavy (non-hydrogen) atoms. The van der Waals surface area contributed by atoms with Crippen LogP contribution in [0.1, 0.15) is 5.56 Å². The van der Waals surface area contributed by atoms with Crippen LogP contribution in [0.15, 0.2) is 35.0 Å². The Bertz CT molecular complexity index is 708. The second kappa shape index (κ2) is 6.02. The zero-order valence-electron chi connectivity index (χ0n) is 10.8. The fraction of sp³-hybridized carbons (Fsp3) is 0.154. The number of H-pyrrole nitrogens is 1. The van der Waals surface area contributed by atoms with Crippen molar-refractivity contribution in [1.29, 1.82) is 0 Å². The van der Waals surface area contributed by atoms with Crippen molar-refractivity contribution in [2.75, 3.05) is 6.54 Å². The number of nitrogens with one attached hydrogen (secondary N) is 2. The van der Waals surface area contributed by atoms with E-state index in [0.717, 1.165) is 11.1 Å². The van der Waals surface area contributed by atoms with Crippen LogP contribution in [-0.2, 0) is 0 Å². The third-order valence-corrected chi connectivity index (χ3v) is 3.11. The molecular formula is C13H13ClN4OS. The predicted molar refractivity (Wildman–Crippen MR) is 85.0 cm³/mol. The highest BCUT2D eigenvalue weighted by Crippen LogP contribution is 2.38. The van der Waals surface area contributed by atoms with Crippen molar-refractivity contribution in [2.45, 2.75) is 6.92 Å². The van der Waals surface area contributed by atoms with Gasteiger partial charge >= 0.3 is 0 Å². The van der Waals surface area contributed by atoms with Crippen LogP contribution in [0.4, 0.5) is 5.69 Å². The summed E-state index contributed by atoms with van der Waals surface area (Å²) in [6.45, 7) is 5.96. The minimum atomic E-state index is -0.0689. The summed E-state index contributed by atoms with van der Waals surface area (Å²) < 4.78 is 0. The monoisotopic (exact) mass is 308 g/mol. The Kier molecular flexibility index (Phi) is 4.36. The van der Waals surface area contributed by atoms with Crippen molar-refractivity contribution >= 4 is 45.5 Å². The van der Waals surface area contributed by atoms with Gasteiger partial charge in [0.2, 0.25) is 11.0 Å². The maximum atomic E-state index is 9.91. The van der Waals surface area contributed by atoms with Crippen molar-refractivity contribution in [2.24, 2.45) is 10.2 Å². The van der Waals surface area contributed by atoms with Crippen molar-refractivity contribution in [3.05, 3.63) is 35.4 Å². The van der Waals surface area contributed by atoms with Crippen molar-refractivity contribution in [3.8, 4) is 5.88 Å². The molecule has 0 amide bonds. The van der Waals surface area contributed by atoms with Gasteiger partial charge in [0.1, 0.15) is 0 Å². The largest absolute Gasteiger partial charge is 0.493 e.